The molecule has 0 unspecified atom stereocenters. The van der Waals surface area contributed by atoms with Gasteiger partial charge in [0.2, 0.25) is 0 Å². The topological polar surface area (TPSA) is 61.9 Å². The van der Waals surface area contributed by atoms with E-state index in [1.807, 2.05) is 6.07 Å². The number of alkyl halides is 3. The Kier molecular flexibility index (Phi) is 6.71. The van der Waals surface area contributed by atoms with E-state index >= 15 is 0 Å². The third-order valence-corrected chi connectivity index (χ3v) is 4.80. The molecule has 1 fully saturated rings. The van der Waals surface area contributed by atoms with E-state index < -0.39 is 12.1 Å². The lowest BCUT2D eigenvalue weighted by molar-refractivity contribution is -0.185. The number of nitrogens with one attached hydrogen (secondary N) is 1. The first-order valence-electron chi connectivity index (χ1n) is 9.12. The predicted octanol–water partition coefficient (Wildman–Crippen LogP) is 3.57. The maximum absolute atomic E-state index is 12.5. The summed E-state index contributed by atoms with van der Waals surface area (Å²) in [6.45, 7) is 0.170. The first-order chi connectivity index (χ1) is 14.2. The largest absolute Gasteiger partial charge is 0.484 e. The Bertz CT molecular complexity index is 901. The van der Waals surface area contributed by atoms with Crippen LogP contribution >= 0.6 is 11.6 Å². The van der Waals surface area contributed by atoms with Crippen LogP contribution in [0.15, 0.2) is 48.5 Å². The van der Waals surface area contributed by atoms with Gasteiger partial charge in [-0.1, -0.05) is 29.8 Å². The van der Waals surface area contributed by atoms with Crippen LogP contribution in [0.3, 0.4) is 0 Å². The zero-order valence-electron chi connectivity index (χ0n) is 15.8. The molecular weight excluding hydrogens is 423 g/mol. The Hall–Kier alpha value is -2.94. The monoisotopic (exact) mass is 441 g/mol. The summed E-state index contributed by atoms with van der Waals surface area (Å²) >= 11 is 6.31. The molecule has 0 saturated carbocycles. The zero-order valence-corrected chi connectivity index (χ0v) is 16.5. The van der Waals surface area contributed by atoms with Gasteiger partial charge in [0, 0.05) is 31.9 Å². The van der Waals surface area contributed by atoms with Gasteiger partial charge in [-0.2, -0.15) is 13.2 Å². The number of rotatable bonds is 5. The SMILES string of the molecule is O=C(COc1ccccc1)Nc1ccc(N2CCN(C(=O)C(F)(F)F)CC2)c(Cl)c1. The fourth-order valence-corrected chi connectivity index (χ4v) is 3.33. The minimum Gasteiger partial charge on any atom is -0.484 e. The summed E-state index contributed by atoms with van der Waals surface area (Å²) in [6.07, 6.45) is -4.87. The summed E-state index contributed by atoms with van der Waals surface area (Å²) in [5, 5.41) is 3.02. The molecule has 10 heteroatoms. The number of ether oxygens (including phenoxy) is 1. The first-order valence-corrected chi connectivity index (χ1v) is 9.50. The summed E-state index contributed by atoms with van der Waals surface area (Å²) in [7, 11) is 0. The molecule has 2 aromatic carbocycles. The van der Waals surface area contributed by atoms with E-state index in [9.17, 15) is 22.8 Å². The Morgan fingerprint density at radius 2 is 1.70 bits per heavy atom. The predicted molar refractivity (Wildman–Crippen MR) is 107 cm³/mol. The molecule has 160 valence electrons. The van der Waals surface area contributed by atoms with Crippen molar-refractivity contribution in [3.05, 3.63) is 53.6 Å². The first kappa shape index (κ1) is 21.8. The van der Waals surface area contributed by atoms with E-state index in [1.54, 1.807) is 47.4 Å². The summed E-state index contributed by atoms with van der Waals surface area (Å²) in [5.74, 6) is -1.62. The molecule has 30 heavy (non-hydrogen) atoms. The van der Waals surface area contributed by atoms with Crippen LogP contribution in [0.2, 0.25) is 5.02 Å². The quantitative estimate of drug-likeness (QED) is 0.770. The van der Waals surface area contributed by atoms with Gasteiger partial charge < -0.3 is 19.9 Å². The van der Waals surface area contributed by atoms with Gasteiger partial charge in [-0.15, -0.1) is 0 Å². The van der Waals surface area contributed by atoms with Gasteiger partial charge in [0.1, 0.15) is 5.75 Å². The van der Waals surface area contributed by atoms with Crippen molar-refractivity contribution in [3.8, 4) is 5.75 Å². The average Bonchev–Trinajstić information content (AvgIpc) is 2.72. The Balaban J connectivity index is 1.54. The van der Waals surface area contributed by atoms with Crippen molar-refractivity contribution in [3.63, 3.8) is 0 Å². The fraction of sp³-hybridized carbons (Fsp3) is 0.300. The summed E-state index contributed by atoms with van der Waals surface area (Å²) in [4.78, 5) is 26.0. The fourth-order valence-electron chi connectivity index (χ4n) is 3.03. The Morgan fingerprint density at radius 1 is 1.03 bits per heavy atom. The second kappa shape index (κ2) is 9.25. The van der Waals surface area contributed by atoms with Crippen LogP contribution in [0.4, 0.5) is 24.5 Å². The van der Waals surface area contributed by atoms with Crippen molar-refractivity contribution < 1.29 is 27.5 Å². The number of halogens is 4. The van der Waals surface area contributed by atoms with Gasteiger partial charge in [-0.05, 0) is 30.3 Å². The molecule has 2 aromatic rings. The van der Waals surface area contributed by atoms with Gasteiger partial charge in [-0.3, -0.25) is 9.59 Å². The molecule has 0 radical (unpaired) electrons. The molecule has 1 aliphatic heterocycles. The van der Waals surface area contributed by atoms with Gasteiger partial charge >= 0.3 is 12.1 Å². The second-order valence-corrected chi connectivity index (χ2v) is 7.00. The molecule has 2 amide bonds. The van der Waals surface area contributed by atoms with E-state index in [0.29, 0.717) is 22.1 Å². The summed E-state index contributed by atoms with van der Waals surface area (Å²) in [6, 6.07) is 13.8. The highest BCUT2D eigenvalue weighted by atomic mass is 35.5. The summed E-state index contributed by atoms with van der Waals surface area (Å²) < 4.78 is 43.0. The molecule has 3 rings (SSSR count). The average molecular weight is 442 g/mol. The van der Waals surface area contributed by atoms with Crippen LogP contribution in [0, 0.1) is 0 Å². The van der Waals surface area contributed by atoms with Crippen LogP contribution in [0.1, 0.15) is 0 Å². The maximum Gasteiger partial charge on any atom is 0.471 e. The maximum atomic E-state index is 12.5. The van der Waals surface area contributed by atoms with Gasteiger partial charge in [0.15, 0.2) is 6.61 Å². The number of carbonyl (C=O) groups is 2. The van der Waals surface area contributed by atoms with Gasteiger partial charge in [-0.25, -0.2) is 0 Å². The third kappa shape index (κ3) is 5.56. The number of nitrogens with zero attached hydrogens (tertiary/aromatic N) is 2. The second-order valence-electron chi connectivity index (χ2n) is 6.59. The van der Waals surface area contributed by atoms with Crippen LogP contribution < -0.4 is 15.0 Å². The van der Waals surface area contributed by atoms with E-state index in [1.165, 1.54) is 0 Å². The standard InChI is InChI=1S/C20H19ClF3N3O3/c21-16-12-14(25-18(28)13-30-15-4-2-1-3-5-15)6-7-17(16)26-8-10-27(11-9-26)19(29)20(22,23)24/h1-7,12H,8-11,13H2,(H,25,28). The Labute approximate surface area is 176 Å². The molecule has 0 aromatic heterocycles. The lowest BCUT2D eigenvalue weighted by Gasteiger charge is -2.36. The molecule has 1 N–H and O–H groups in total. The minimum atomic E-state index is -4.87. The summed E-state index contributed by atoms with van der Waals surface area (Å²) in [5.41, 5.74) is 1.09. The highest BCUT2D eigenvalue weighted by molar-refractivity contribution is 6.33. The number of anilines is 2. The number of benzene rings is 2. The smallest absolute Gasteiger partial charge is 0.471 e. The minimum absolute atomic E-state index is 0.0516. The molecule has 0 bridgehead atoms. The van der Waals surface area contributed by atoms with Crippen molar-refractivity contribution >= 4 is 34.8 Å². The Morgan fingerprint density at radius 3 is 2.30 bits per heavy atom. The third-order valence-electron chi connectivity index (χ3n) is 4.49. The molecule has 0 spiro atoms. The highest BCUT2D eigenvalue weighted by Gasteiger charge is 2.43. The normalized spacial score (nSPS) is 14.4. The molecule has 6 nitrogen and oxygen atoms in total. The van der Waals surface area contributed by atoms with Crippen molar-refractivity contribution in [2.45, 2.75) is 6.18 Å². The van der Waals surface area contributed by atoms with Gasteiger partial charge in [0.05, 0.1) is 10.7 Å². The number of hydrogen-bond acceptors (Lipinski definition) is 4. The highest BCUT2D eigenvalue weighted by Crippen LogP contribution is 2.30. The van der Waals surface area contributed by atoms with Crippen molar-refractivity contribution in [2.24, 2.45) is 0 Å². The molecule has 0 atom stereocenters. The van der Waals surface area contributed by atoms with E-state index in [4.69, 9.17) is 16.3 Å². The van der Waals surface area contributed by atoms with Gasteiger partial charge in [0.25, 0.3) is 5.91 Å². The number of piperazine rings is 1. The van der Waals surface area contributed by atoms with Crippen LogP contribution in [-0.4, -0.2) is 55.7 Å². The number of hydrogen-bond donors (Lipinski definition) is 1. The lowest BCUT2D eigenvalue weighted by atomic mass is 10.2. The lowest BCUT2D eigenvalue weighted by Crippen LogP contribution is -2.52. The molecule has 0 aliphatic carbocycles. The van der Waals surface area contributed by atoms with Crippen LogP contribution in [-0.2, 0) is 9.59 Å². The van der Waals surface area contributed by atoms with Crippen LogP contribution in [0.5, 0.6) is 5.75 Å². The molecular formula is C20H19ClF3N3O3. The van der Waals surface area contributed by atoms with Crippen molar-refractivity contribution in [2.75, 3.05) is 43.0 Å². The number of carbonyl (C=O) groups excluding carboxylic acids is 2. The van der Waals surface area contributed by atoms with E-state index in [2.05, 4.69) is 5.32 Å². The molecule has 1 saturated heterocycles. The number of para-hydroxylation sites is 1. The molecule has 1 heterocycles. The van der Waals surface area contributed by atoms with Crippen LogP contribution in [0.25, 0.3) is 0 Å². The molecule has 1 aliphatic rings. The zero-order chi connectivity index (χ0) is 21.7. The van der Waals surface area contributed by atoms with Crippen molar-refractivity contribution in [1.82, 2.24) is 4.90 Å². The van der Waals surface area contributed by atoms with E-state index in [0.717, 1.165) is 4.90 Å². The number of amides is 2. The van der Waals surface area contributed by atoms with E-state index in [-0.39, 0.29) is 38.7 Å². The van der Waals surface area contributed by atoms with Crippen molar-refractivity contribution in [1.29, 1.82) is 0 Å².